The molecule has 2 amide bonds. The number of carbonyl (C=O) groups excluding carboxylic acids is 2. The van der Waals surface area contributed by atoms with Crippen LogP contribution in [0.5, 0.6) is 0 Å². The molecule has 0 bridgehead atoms. The van der Waals surface area contributed by atoms with Crippen LogP contribution in [-0.4, -0.2) is 20.2 Å². The maximum Gasteiger partial charge on any atom is 0.251 e. The summed E-state index contributed by atoms with van der Waals surface area (Å²) in [5, 5.41) is 2.27. The molecule has 140 valence electrons. The SMILES string of the molecule is CC(C)CC(=O)Nc1sc(S(=O)(=O)c2ccc(F)cc2Cl)cc1C(N)=O. The van der Waals surface area contributed by atoms with Gasteiger partial charge < -0.3 is 11.1 Å². The molecule has 0 spiro atoms. The molecule has 1 aromatic heterocycles. The molecule has 3 N–H and O–H groups in total. The highest BCUT2D eigenvalue weighted by Gasteiger charge is 2.27. The molecular formula is C16H16ClFN2O4S2. The van der Waals surface area contributed by atoms with E-state index in [0.29, 0.717) is 11.3 Å². The minimum Gasteiger partial charge on any atom is -0.366 e. The van der Waals surface area contributed by atoms with Gasteiger partial charge in [0.05, 0.1) is 15.5 Å². The van der Waals surface area contributed by atoms with Crippen LogP contribution in [0, 0.1) is 11.7 Å². The number of nitrogens with two attached hydrogens (primary N) is 1. The summed E-state index contributed by atoms with van der Waals surface area (Å²) < 4.78 is 38.5. The summed E-state index contributed by atoms with van der Waals surface area (Å²) in [5.74, 6) is -1.85. The Morgan fingerprint density at radius 1 is 1.31 bits per heavy atom. The Kier molecular flexibility index (Phi) is 6.05. The smallest absolute Gasteiger partial charge is 0.251 e. The molecule has 0 fully saturated rings. The van der Waals surface area contributed by atoms with Crippen LogP contribution in [0.25, 0.3) is 0 Å². The lowest BCUT2D eigenvalue weighted by Crippen LogP contribution is -2.17. The Balaban J connectivity index is 2.48. The average Bonchev–Trinajstić information content (AvgIpc) is 2.90. The molecule has 0 aliphatic heterocycles. The van der Waals surface area contributed by atoms with E-state index in [0.717, 1.165) is 24.3 Å². The Morgan fingerprint density at radius 2 is 1.96 bits per heavy atom. The maximum absolute atomic E-state index is 13.2. The first kappa shape index (κ1) is 20.3. The van der Waals surface area contributed by atoms with E-state index in [-0.39, 0.29) is 42.9 Å². The van der Waals surface area contributed by atoms with Gasteiger partial charge in [0, 0.05) is 6.42 Å². The number of halogens is 2. The molecule has 2 rings (SSSR count). The summed E-state index contributed by atoms with van der Waals surface area (Å²) >= 11 is 6.52. The van der Waals surface area contributed by atoms with Crippen molar-refractivity contribution in [2.24, 2.45) is 11.7 Å². The van der Waals surface area contributed by atoms with E-state index in [9.17, 15) is 22.4 Å². The summed E-state index contributed by atoms with van der Waals surface area (Å²) in [5.41, 5.74) is 5.16. The Morgan fingerprint density at radius 3 is 2.50 bits per heavy atom. The molecule has 26 heavy (non-hydrogen) atoms. The third-order valence-electron chi connectivity index (χ3n) is 3.27. The fourth-order valence-corrected chi connectivity index (χ4v) is 5.42. The van der Waals surface area contributed by atoms with E-state index in [1.54, 1.807) is 0 Å². The molecule has 0 radical (unpaired) electrons. The van der Waals surface area contributed by atoms with Crippen LogP contribution >= 0.6 is 22.9 Å². The standard InChI is InChI=1S/C16H16ClFN2O4S2/c1-8(2)5-13(21)20-16-10(15(19)22)7-14(25-16)26(23,24)12-4-3-9(18)6-11(12)17/h3-4,6-8H,5H2,1-2H3,(H2,19,22)(H,20,21). The Bertz CT molecular complexity index is 971. The van der Waals surface area contributed by atoms with Gasteiger partial charge in [-0.1, -0.05) is 25.4 Å². The quantitative estimate of drug-likeness (QED) is 0.700. The van der Waals surface area contributed by atoms with Crippen LogP contribution < -0.4 is 11.1 Å². The van der Waals surface area contributed by atoms with Gasteiger partial charge in [-0.25, -0.2) is 12.8 Å². The van der Waals surface area contributed by atoms with Gasteiger partial charge in [-0.2, -0.15) is 0 Å². The number of anilines is 1. The van der Waals surface area contributed by atoms with Gasteiger partial charge in [0.2, 0.25) is 15.7 Å². The summed E-state index contributed by atoms with van der Waals surface area (Å²) in [4.78, 5) is 23.3. The number of nitrogens with one attached hydrogen (secondary N) is 1. The van der Waals surface area contributed by atoms with Crippen LogP contribution in [0.2, 0.25) is 5.02 Å². The van der Waals surface area contributed by atoms with E-state index in [1.807, 2.05) is 13.8 Å². The van der Waals surface area contributed by atoms with E-state index in [2.05, 4.69) is 5.32 Å². The lowest BCUT2D eigenvalue weighted by atomic mass is 10.1. The first-order chi connectivity index (χ1) is 12.0. The van der Waals surface area contributed by atoms with E-state index >= 15 is 0 Å². The molecule has 10 heteroatoms. The molecule has 1 heterocycles. The number of sulfone groups is 1. The van der Waals surface area contributed by atoms with Crippen molar-refractivity contribution in [1.29, 1.82) is 0 Å². The van der Waals surface area contributed by atoms with E-state index in [1.165, 1.54) is 0 Å². The molecular weight excluding hydrogens is 403 g/mol. The second-order valence-electron chi connectivity index (χ2n) is 5.90. The zero-order chi connectivity index (χ0) is 19.6. The summed E-state index contributed by atoms with van der Waals surface area (Å²) in [7, 11) is -4.12. The van der Waals surface area contributed by atoms with Crippen molar-refractivity contribution in [2.45, 2.75) is 29.4 Å². The number of hydrogen-bond acceptors (Lipinski definition) is 5. The van der Waals surface area contributed by atoms with Gasteiger partial charge in [0.1, 0.15) is 15.0 Å². The average molecular weight is 419 g/mol. The molecule has 6 nitrogen and oxygen atoms in total. The van der Waals surface area contributed by atoms with Crippen LogP contribution in [-0.2, 0) is 14.6 Å². The largest absolute Gasteiger partial charge is 0.366 e. The summed E-state index contributed by atoms with van der Waals surface area (Å²) in [6, 6.07) is 3.95. The number of thiophene rings is 1. The fraction of sp³-hybridized carbons (Fsp3) is 0.250. The third-order valence-corrected chi connectivity index (χ3v) is 7.03. The second-order valence-corrected chi connectivity index (χ2v) is 9.50. The molecule has 0 saturated carbocycles. The minimum absolute atomic E-state index is 0.0416. The van der Waals surface area contributed by atoms with Gasteiger partial charge >= 0.3 is 0 Å². The van der Waals surface area contributed by atoms with E-state index in [4.69, 9.17) is 17.3 Å². The molecule has 0 atom stereocenters. The highest BCUT2D eigenvalue weighted by atomic mass is 35.5. The molecule has 0 saturated heterocycles. The van der Waals surface area contributed by atoms with E-state index < -0.39 is 21.6 Å². The van der Waals surface area contributed by atoms with Crippen LogP contribution in [0.15, 0.2) is 33.4 Å². The van der Waals surface area contributed by atoms with Crippen molar-refractivity contribution in [3.05, 3.63) is 40.7 Å². The molecule has 2 aromatic rings. The van der Waals surface area contributed by atoms with Crippen LogP contribution in [0.4, 0.5) is 9.39 Å². The maximum atomic E-state index is 13.2. The zero-order valence-corrected chi connectivity index (χ0v) is 16.3. The summed E-state index contributed by atoms with van der Waals surface area (Å²) in [6.45, 7) is 3.69. The number of carbonyl (C=O) groups is 2. The molecule has 0 aliphatic rings. The molecule has 1 aromatic carbocycles. The van der Waals surface area contributed by atoms with Gasteiger partial charge in [0.15, 0.2) is 0 Å². The fourth-order valence-electron chi connectivity index (χ4n) is 2.13. The van der Waals surface area contributed by atoms with Crippen molar-refractivity contribution >= 4 is 49.6 Å². The van der Waals surface area contributed by atoms with Gasteiger partial charge in [-0.3, -0.25) is 9.59 Å². The highest BCUT2D eigenvalue weighted by Crippen LogP contribution is 2.37. The number of hydrogen-bond donors (Lipinski definition) is 2. The van der Waals surface area contributed by atoms with Crippen LogP contribution in [0.3, 0.4) is 0 Å². The number of benzene rings is 1. The summed E-state index contributed by atoms with van der Waals surface area (Å²) in [6.07, 6.45) is 0.196. The van der Waals surface area contributed by atoms with Crippen molar-refractivity contribution < 1.29 is 22.4 Å². The first-order valence-corrected chi connectivity index (χ1v) is 10.1. The number of rotatable bonds is 6. The third kappa shape index (κ3) is 4.40. The van der Waals surface area contributed by atoms with Crippen molar-refractivity contribution in [2.75, 3.05) is 5.32 Å². The van der Waals surface area contributed by atoms with Gasteiger partial charge in [-0.05, 0) is 30.2 Å². The topological polar surface area (TPSA) is 106 Å². The van der Waals surface area contributed by atoms with Gasteiger partial charge in [0.25, 0.3) is 5.91 Å². The minimum atomic E-state index is -4.12. The lowest BCUT2D eigenvalue weighted by Gasteiger charge is -2.06. The molecule has 0 unspecified atom stereocenters. The Labute approximate surface area is 159 Å². The van der Waals surface area contributed by atoms with Gasteiger partial charge in [-0.15, -0.1) is 11.3 Å². The predicted octanol–water partition coefficient (Wildman–Crippen LogP) is 3.46. The Hall–Kier alpha value is -1.97. The monoisotopic (exact) mass is 418 g/mol. The highest BCUT2D eigenvalue weighted by molar-refractivity contribution is 7.93. The number of primary amides is 1. The van der Waals surface area contributed by atoms with Crippen molar-refractivity contribution in [1.82, 2.24) is 0 Å². The zero-order valence-electron chi connectivity index (χ0n) is 13.9. The van der Waals surface area contributed by atoms with Crippen molar-refractivity contribution in [3.8, 4) is 0 Å². The number of amides is 2. The van der Waals surface area contributed by atoms with Crippen molar-refractivity contribution in [3.63, 3.8) is 0 Å². The second kappa shape index (κ2) is 7.73. The first-order valence-electron chi connectivity index (χ1n) is 7.46. The van der Waals surface area contributed by atoms with Crippen LogP contribution in [0.1, 0.15) is 30.6 Å². The molecule has 0 aliphatic carbocycles. The normalized spacial score (nSPS) is 11.6. The predicted molar refractivity (Wildman–Crippen MR) is 97.8 cm³/mol. The lowest BCUT2D eigenvalue weighted by molar-refractivity contribution is -0.116.